The van der Waals surface area contributed by atoms with E-state index in [4.69, 9.17) is 4.74 Å². The molecule has 0 fully saturated rings. The van der Waals surface area contributed by atoms with Gasteiger partial charge in [-0.05, 0) is 43.3 Å². The molecule has 0 aliphatic rings. The number of aromatic hydroxyl groups is 1. The average Bonchev–Trinajstić information content (AvgIpc) is 2.53. The Bertz CT molecular complexity index is 890. The molecule has 2 N–H and O–H groups in total. The fourth-order valence-electron chi connectivity index (χ4n) is 2.08. The van der Waals surface area contributed by atoms with Gasteiger partial charge in [-0.25, -0.2) is 13.2 Å². The zero-order valence-corrected chi connectivity index (χ0v) is 14.4. The SMILES string of the molecule is C[C@@H](OC(=O)c1ccccc1O)C(=O)c1ccc(NS(C)(=O)=O)cc1. The van der Waals surface area contributed by atoms with E-state index in [-0.39, 0.29) is 16.9 Å². The summed E-state index contributed by atoms with van der Waals surface area (Å²) in [4.78, 5) is 24.3. The molecule has 0 saturated carbocycles. The van der Waals surface area contributed by atoms with Crippen LogP contribution in [0.4, 0.5) is 5.69 Å². The molecule has 0 heterocycles. The molecule has 0 aromatic heterocycles. The van der Waals surface area contributed by atoms with Crippen LogP contribution in [0.3, 0.4) is 0 Å². The van der Waals surface area contributed by atoms with Crippen LogP contribution in [0, 0.1) is 0 Å². The van der Waals surface area contributed by atoms with E-state index in [9.17, 15) is 23.1 Å². The number of benzene rings is 2. The molecule has 0 bridgehead atoms. The Hall–Kier alpha value is -2.87. The van der Waals surface area contributed by atoms with Gasteiger partial charge in [-0.1, -0.05) is 12.1 Å². The lowest BCUT2D eigenvalue weighted by molar-refractivity contribution is 0.0316. The monoisotopic (exact) mass is 363 g/mol. The summed E-state index contributed by atoms with van der Waals surface area (Å²) in [6, 6.07) is 11.6. The maximum Gasteiger partial charge on any atom is 0.342 e. The third-order valence-corrected chi connectivity index (χ3v) is 3.86. The first kappa shape index (κ1) is 18.5. The van der Waals surface area contributed by atoms with Crippen molar-refractivity contribution in [1.82, 2.24) is 0 Å². The number of hydrogen-bond donors (Lipinski definition) is 2. The Kier molecular flexibility index (Phi) is 5.43. The van der Waals surface area contributed by atoms with Crippen molar-refractivity contribution >= 4 is 27.5 Å². The predicted molar refractivity (Wildman–Crippen MR) is 92.2 cm³/mol. The number of anilines is 1. The molecule has 0 amide bonds. The molecule has 132 valence electrons. The number of hydrogen-bond acceptors (Lipinski definition) is 6. The smallest absolute Gasteiger partial charge is 0.342 e. The van der Waals surface area contributed by atoms with Crippen LogP contribution in [0.2, 0.25) is 0 Å². The lowest BCUT2D eigenvalue weighted by atomic mass is 10.1. The summed E-state index contributed by atoms with van der Waals surface area (Å²) >= 11 is 0. The summed E-state index contributed by atoms with van der Waals surface area (Å²) in [6.45, 7) is 1.42. The molecule has 0 aliphatic carbocycles. The summed E-state index contributed by atoms with van der Waals surface area (Å²) in [7, 11) is -3.41. The molecule has 1 atom stereocenters. The molecule has 8 heteroatoms. The largest absolute Gasteiger partial charge is 0.507 e. The Morgan fingerprint density at radius 2 is 1.68 bits per heavy atom. The number of Topliss-reactive ketones (excluding diaryl/α,β-unsaturated/α-hetero) is 1. The third-order valence-electron chi connectivity index (χ3n) is 3.25. The Morgan fingerprint density at radius 1 is 1.08 bits per heavy atom. The summed E-state index contributed by atoms with van der Waals surface area (Å²) in [6.07, 6.45) is -0.0483. The summed E-state index contributed by atoms with van der Waals surface area (Å²) in [5.74, 6) is -1.49. The number of phenolic OH excluding ortho intramolecular Hbond substituents is 1. The lowest BCUT2D eigenvalue weighted by Gasteiger charge is -2.13. The highest BCUT2D eigenvalue weighted by atomic mass is 32.2. The Morgan fingerprint density at radius 3 is 2.24 bits per heavy atom. The van der Waals surface area contributed by atoms with E-state index < -0.39 is 27.9 Å². The Labute approximate surface area is 145 Å². The van der Waals surface area contributed by atoms with E-state index >= 15 is 0 Å². The maximum atomic E-state index is 12.3. The molecular formula is C17H17NO6S. The first-order chi connectivity index (χ1) is 11.7. The number of carbonyl (C=O) groups is 2. The second-order valence-electron chi connectivity index (χ2n) is 5.38. The topological polar surface area (TPSA) is 110 Å². The van der Waals surface area contributed by atoms with Crippen LogP contribution in [-0.2, 0) is 14.8 Å². The summed E-state index contributed by atoms with van der Waals surface area (Å²) < 4.78 is 29.7. The quantitative estimate of drug-likeness (QED) is 0.601. The van der Waals surface area contributed by atoms with Crippen molar-refractivity contribution in [2.24, 2.45) is 0 Å². The molecule has 0 spiro atoms. The highest BCUT2D eigenvalue weighted by Crippen LogP contribution is 2.19. The zero-order valence-electron chi connectivity index (χ0n) is 13.6. The number of sulfonamides is 1. The Balaban J connectivity index is 2.07. The number of nitrogens with one attached hydrogen (secondary N) is 1. The zero-order chi connectivity index (χ0) is 18.6. The lowest BCUT2D eigenvalue weighted by Crippen LogP contribution is -2.24. The predicted octanol–water partition coefficient (Wildman–Crippen LogP) is 2.19. The van der Waals surface area contributed by atoms with Crippen LogP contribution in [0.25, 0.3) is 0 Å². The van der Waals surface area contributed by atoms with Crippen LogP contribution in [0.5, 0.6) is 5.75 Å². The van der Waals surface area contributed by atoms with Gasteiger partial charge in [0.25, 0.3) is 0 Å². The number of phenols is 1. The first-order valence-electron chi connectivity index (χ1n) is 7.28. The van der Waals surface area contributed by atoms with Crippen molar-refractivity contribution in [3.05, 3.63) is 59.7 Å². The van der Waals surface area contributed by atoms with Crippen LogP contribution in [0.1, 0.15) is 27.6 Å². The minimum absolute atomic E-state index is 0.0325. The van der Waals surface area contributed by atoms with Crippen LogP contribution in [-0.4, -0.2) is 37.6 Å². The molecule has 25 heavy (non-hydrogen) atoms. The van der Waals surface area contributed by atoms with E-state index in [1.54, 1.807) is 12.1 Å². The number of esters is 1. The average molecular weight is 363 g/mol. The van der Waals surface area contributed by atoms with E-state index in [0.29, 0.717) is 5.69 Å². The van der Waals surface area contributed by atoms with Gasteiger partial charge >= 0.3 is 5.97 Å². The number of ether oxygens (including phenoxy) is 1. The van der Waals surface area contributed by atoms with Gasteiger partial charge in [-0.3, -0.25) is 9.52 Å². The van der Waals surface area contributed by atoms with Crippen LogP contribution >= 0.6 is 0 Å². The van der Waals surface area contributed by atoms with Crippen LogP contribution < -0.4 is 4.72 Å². The third kappa shape index (κ3) is 5.05. The highest BCUT2D eigenvalue weighted by molar-refractivity contribution is 7.92. The normalized spacial score (nSPS) is 12.2. The standard InChI is InChI=1S/C17H17NO6S/c1-11(24-17(21)14-5-3-4-6-15(14)19)16(20)12-7-9-13(10-8-12)18-25(2,22)23/h3-11,18-19H,1-2H3/t11-/m1/s1. The molecular weight excluding hydrogens is 346 g/mol. The van der Waals surface area contributed by atoms with E-state index in [2.05, 4.69) is 4.72 Å². The molecule has 0 aliphatic heterocycles. The van der Waals surface area contributed by atoms with Crippen molar-refractivity contribution in [2.45, 2.75) is 13.0 Å². The number of carbonyl (C=O) groups excluding carboxylic acids is 2. The molecule has 0 saturated heterocycles. The molecule has 2 rings (SSSR count). The number of rotatable bonds is 6. The number of para-hydroxylation sites is 1. The molecule has 2 aromatic carbocycles. The fraction of sp³-hybridized carbons (Fsp3) is 0.176. The van der Waals surface area contributed by atoms with E-state index in [1.807, 2.05) is 0 Å². The molecule has 2 aromatic rings. The van der Waals surface area contributed by atoms with E-state index in [1.165, 1.54) is 43.3 Å². The van der Waals surface area contributed by atoms with Crippen molar-refractivity contribution in [3.63, 3.8) is 0 Å². The highest BCUT2D eigenvalue weighted by Gasteiger charge is 2.22. The van der Waals surface area contributed by atoms with Crippen molar-refractivity contribution in [3.8, 4) is 5.75 Å². The summed E-state index contributed by atoms with van der Waals surface area (Å²) in [5, 5.41) is 9.63. The second kappa shape index (κ2) is 7.35. The van der Waals surface area contributed by atoms with Gasteiger partial charge in [-0.15, -0.1) is 0 Å². The van der Waals surface area contributed by atoms with Gasteiger partial charge in [0.05, 0.1) is 6.26 Å². The first-order valence-corrected chi connectivity index (χ1v) is 9.17. The minimum atomic E-state index is -3.41. The minimum Gasteiger partial charge on any atom is -0.507 e. The summed E-state index contributed by atoms with van der Waals surface area (Å²) in [5.41, 5.74) is 0.546. The number of ketones is 1. The molecule has 0 radical (unpaired) electrons. The van der Waals surface area contributed by atoms with Gasteiger partial charge in [0.2, 0.25) is 15.8 Å². The van der Waals surface area contributed by atoms with Gasteiger partial charge in [-0.2, -0.15) is 0 Å². The van der Waals surface area contributed by atoms with Gasteiger partial charge in [0.15, 0.2) is 6.10 Å². The van der Waals surface area contributed by atoms with Crippen molar-refractivity contribution in [2.75, 3.05) is 11.0 Å². The molecule has 7 nitrogen and oxygen atoms in total. The fourth-order valence-corrected chi connectivity index (χ4v) is 2.64. The molecule has 0 unspecified atom stereocenters. The van der Waals surface area contributed by atoms with Crippen molar-refractivity contribution in [1.29, 1.82) is 0 Å². The van der Waals surface area contributed by atoms with Gasteiger partial charge < -0.3 is 9.84 Å². The van der Waals surface area contributed by atoms with Crippen molar-refractivity contribution < 1.29 is 27.9 Å². The van der Waals surface area contributed by atoms with Gasteiger partial charge in [0, 0.05) is 11.3 Å². The van der Waals surface area contributed by atoms with Crippen LogP contribution in [0.15, 0.2) is 48.5 Å². The van der Waals surface area contributed by atoms with E-state index in [0.717, 1.165) is 6.26 Å². The van der Waals surface area contributed by atoms with Gasteiger partial charge in [0.1, 0.15) is 11.3 Å². The second-order valence-corrected chi connectivity index (χ2v) is 7.13. The maximum absolute atomic E-state index is 12.3.